The molecule has 0 aromatic carbocycles. The summed E-state index contributed by atoms with van der Waals surface area (Å²) >= 11 is 0. The Morgan fingerprint density at radius 3 is 2.94 bits per heavy atom. The highest BCUT2D eigenvalue weighted by Gasteiger charge is 2.19. The van der Waals surface area contributed by atoms with Gasteiger partial charge in [0.1, 0.15) is 0 Å². The van der Waals surface area contributed by atoms with Crippen molar-refractivity contribution in [1.29, 1.82) is 0 Å². The number of nitrogens with one attached hydrogen (secondary N) is 2. The fourth-order valence-corrected chi connectivity index (χ4v) is 1.25. The molecule has 2 aliphatic rings. The van der Waals surface area contributed by atoms with E-state index in [1.54, 1.807) is 0 Å². The van der Waals surface area contributed by atoms with Gasteiger partial charge in [-0.15, -0.1) is 4.90 Å². The lowest BCUT2D eigenvalue weighted by Crippen LogP contribution is -2.37. The second kappa shape index (κ2) is 4.01. The topological polar surface area (TPSA) is 103 Å². The predicted molar refractivity (Wildman–Crippen MR) is 53.5 cm³/mol. The van der Waals surface area contributed by atoms with E-state index < -0.39 is 4.90 Å². The van der Waals surface area contributed by atoms with Crippen LogP contribution in [-0.2, 0) is 4.74 Å². The number of carbonyl (C=O) groups is 1. The molecule has 0 unspecified atom stereocenters. The zero-order valence-electron chi connectivity index (χ0n) is 8.17. The molecule has 0 bridgehead atoms. The van der Waals surface area contributed by atoms with E-state index in [0.717, 1.165) is 0 Å². The van der Waals surface area contributed by atoms with Gasteiger partial charge in [0, 0.05) is 6.54 Å². The Kier molecular flexibility index (Phi) is 2.54. The Bertz CT molecular complexity index is 397. The number of amides is 2. The van der Waals surface area contributed by atoms with Gasteiger partial charge in [-0.25, -0.2) is 9.80 Å². The minimum atomic E-state index is -0.625. The first kappa shape index (κ1) is 10.1. The molecule has 2 heterocycles. The van der Waals surface area contributed by atoms with Crippen LogP contribution in [0.4, 0.5) is 4.79 Å². The van der Waals surface area contributed by atoms with Crippen LogP contribution in [0.15, 0.2) is 24.1 Å². The number of allylic oxidation sites excluding steroid dienone is 1. The third kappa shape index (κ3) is 2.00. The highest BCUT2D eigenvalue weighted by atomic mass is 16.8. The quantitative estimate of drug-likeness (QED) is 0.480. The van der Waals surface area contributed by atoms with Crippen molar-refractivity contribution in [2.75, 3.05) is 13.1 Å². The van der Waals surface area contributed by atoms with E-state index >= 15 is 0 Å². The van der Waals surface area contributed by atoms with E-state index in [4.69, 9.17) is 4.74 Å². The molecule has 86 valence electrons. The first-order valence-corrected chi connectivity index (χ1v) is 4.56. The maximum absolute atomic E-state index is 11.1. The van der Waals surface area contributed by atoms with Crippen LogP contribution in [0.25, 0.3) is 0 Å². The first-order valence-electron chi connectivity index (χ1n) is 4.56. The fourth-order valence-electron chi connectivity index (χ4n) is 1.25. The van der Waals surface area contributed by atoms with Gasteiger partial charge in [0.2, 0.25) is 0 Å². The number of hydrogen-bond donors (Lipinski definition) is 2. The molecular formula is C8H9N4O4-. The van der Waals surface area contributed by atoms with Gasteiger partial charge in [-0.2, -0.15) is 0 Å². The molecule has 0 aromatic heterocycles. The maximum atomic E-state index is 11.1. The molecule has 1 fully saturated rings. The van der Waals surface area contributed by atoms with E-state index in [-0.39, 0.29) is 17.7 Å². The first-order chi connectivity index (χ1) is 7.66. The van der Waals surface area contributed by atoms with Gasteiger partial charge in [-0.05, 0) is 6.08 Å². The third-order valence-electron chi connectivity index (χ3n) is 2.01. The molecule has 0 aliphatic carbocycles. The monoisotopic (exact) mass is 225 g/mol. The Hall–Kier alpha value is -2.38. The van der Waals surface area contributed by atoms with Crippen LogP contribution in [0.3, 0.4) is 0 Å². The van der Waals surface area contributed by atoms with Gasteiger partial charge >= 0.3 is 11.9 Å². The van der Waals surface area contributed by atoms with Crippen molar-refractivity contribution in [1.82, 2.24) is 15.8 Å². The average Bonchev–Trinajstić information content (AvgIpc) is 2.83. The standard InChI is InChI=1S/C8H9N4O4/c13-8-9-3-4-11(8)10-5-6-1-2-7(16-6)12(14)15/h1-2,5,10H,3-4H2,(H-,9,13,14,15)/q-1. The van der Waals surface area contributed by atoms with Crippen molar-refractivity contribution in [3.8, 4) is 0 Å². The van der Waals surface area contributed by atoms with Crippen LogP contribution < -0.4 is 10.7 Å². The SMILES string of the molecule is O=C1NCCN1NC=C1C=CC(=[N+]([O-])[O-])O1. The summed E-state index contributed by atoms with van der Waals surface area (Å²) in [6, 6.07) is -0.239. The maximum Gasteiger partial charge on any atom is 0.391 e. The van der Waals surface area contributed by atoms with Crippen LogP contribution in [0.1, 0.15) is 0 Å². The summed E-state index contributed by atoms with van der Waals surface area (Å²) in [7, 11) is 0. The van der Waals surface area contributed by atoms with Gasteiger partial charge in [0.15, 0.2) is 5.76 Å². The largest absolute Gasteiger partial charge is 0.610 e. The predicted octanol–water partition coefficient (Wildman–Crippen LogP) is -0.649. The number of carbonyl (C=O) groups excluding carboxylic acids is 1. The molecule has 0 spiro atoms. The number of urea groups is 1. The molecule has 0 atom stereocenters. The molecule has 8 heteroatoms. The molecule has 1 saturated heterocycles. The van der Waals surface area contributed by atoms with Gasteiger partial charge < -0.3 is 20.5 Å². The van der Waals surface area contributed by atoms with Crippen LogP contribution in [0.5, 0.6) is 0 Å². The van der Waals surface area contributed by atoms with Gasteiger partial charge in [-0.1, -0.05) is 0 Å². The number of rotatable bonds is 2. The smallest absolute Gasteiger partial charge is 0.391 e. The van der Waals surface area contributed by atoms with E-state index in [0.29, 0.717) is 13.1 Å². The van der Waals surface area contributed by atoms with E-state index in [9.17, 15) is 15.2 Å². The van der Waals surface area contributed by atoms with E-state index in [2.05, 4.69) is 10.7 Å². The Balaban J connectivity index is 1.93. The number of ether oxygens (including phenoxy) is 1. The van der Waals surface area contributed by atoms with Crippen molar-refractivity contribution >= 4 is 11.9 Å². The van der Waals surface area contributed by atoms with Crippen LogP contribution in [-0.4, -0.2) is 34.9 Å². The minimum absolute atomic E-state index is 0.239. The summed E-state index contributed by atoms with van der Waals surface area (Å²) < 4.78 is 4.86. The lowest BCUT2D eigenvalue weighted by atomic mass is 10.5. The molecule has 0 saturated carbocycles. The molecular weight excluding hydrogens is 216 g/mol. The lowest BCUT2D eigenvalue weighted by molar-refractivity contribution is -0.388. The number of hydrazine groups is 1. The summed E-state index contributed by atoms with van der Waals surface area (Å²) in [4.78, 5) is 10.5. The fraction of sp³-hybridized carbons (Fsp3) is 0.250. The second-order valence-electron chi connectivity index (χ2n) is 3.09. The van der Waals surface area contributed by atoms with Crippen molar-refractivity contribution in [3.63, 3.8) is 0 Å². The van der Waals surface area contributed by atoms with Crippen LogP contribution in [0.2, 0.25) is 0 Å². The summed E-state index contributed by atoms with van der Waals surface area (Å²) in [6.45, 7) is 1.09. The van der Waals surface area contributed by atoms with Gasteiger partial charge in [-0.3, -0.25) is 5.43 Å². The summed E-state index contributed by atoms with van der Waals surface area (Å²) in [5, 5.41) is 24.6. The zero-order chi connectivity index (χ0) is 11.5. The molecule has 2 N–H and O–H groups in total. The van der Waals surface area contributed by atoms with Crippen molar-refractivity contribution < 1.29 is 14.4 Å². The van der Waals surface area contributed by atoms with E-state index in [1.165, 1.54) is 23.4 Å². The van der Waals surface area contributed by atoms with Gasteiger partial charge in [0.25, 0.3) is 0 Å². The Morgan fingerprint density at radius 1 is 1.56 bits per heavy atom. The van der Waals surface area contributed by atoms with Crippen molar-refractivity contribution in [2.24, 2.45) is 0 Å². The van der Waals surface area contributed by atoms with E-state index in [1.807, 2.05) is 0 Å². The molecule has 2 aliphatic heterocycles. The lowest BCUT2D eigenvalue weighted by Gasteiger charge is -2.13. The second-order valence-corrected chi connectivity index (χ2v) is 3.09. The highest BCUT2D eigenvalue weighted by molar-refractivity contribution is 5.87. The average molecular weight is 225 g/mol. The number of nitrogens with zero attached hydrogens (tertiary/aromatic N) is 2. The zero-order valence-corrected chi connectivity index (χ0v) is 8.17. The van der Waals surface area contributed by atoms with Crippen LogP contribution in [0, 0.1) is 10.4 Å². The van der Waals surface area contributed by atoms with Crippen LogP contribution >= 0.6 is 0 Å². The highest BCUT2D eigenvalue weighted by Crippen LogP contribution is 2.09. The van der Waals surface area contributed by atoms with Crippen molar-refractivity contribution in [2.45, 2.75) is 0 Å². The molecule has 8 nitrogen and oxygen atoms in total. The molecule has 2 amide bonds. The molecule has 0 aromatic rings. The van der Waals surface area contributed by atoms with Gasteiger partial charge in [0.05, 0.1) is 18.8 Å². The molecule has 2 rings (SSSR count). The Labute approximate surface area is 90.6 Å². The third-order valence-corrected chi connectivity index (χ3v) is 2.01. The van der Waals surface area contributed by atoms with Crippen molar-refractivity contribution in [3.05, 3.63) is 34.5 Å². The summed E-state index contributed by atoms with van der Waals surface area (Å²) in [6.07, 6.45) is 4.08. The summed E-state index contributed by atoms with van der Waals surface area (Å²) in [5.74, 6) is -0.0506. The molecule has 16 heavy (non-hydrogen) atoms. The minimum Gasteiger partial charge on any atom is -0.610 e. The molecule has 0 radical (unpaired) electrons. The number of hydrogen-bond acceptors (Lipinski definition) is 5. The summed E-state index contributed by atoms with van der Waals surface area (Å²) in [5.41, 5.74) is 2.68. The normalized spacial score (nSPS) is 21.2. The Morgan fingerprint density at radius 2 is 2.38 bits per heavy atom.